The minimum absolute atomic E-state index is 0.235. The Bertz CT molecular complexity index is 803. The van der Waals surface area contributed by atoms with Gasteiger partial charge >= 0.3 is 5.97 Å². The maximum Gasteiger partial charge on any atom is 0.335 e. The van der Waals surface area contributed by atoms with Gasteiger partial charge in [0.05, 0.1) is 11.3 Å². The second-order valence-corrected chi connectivity index (χ2v) is 4.40. The third-order valence-corrected chi connectivity index (χ3v) is 3.07. The second kappa shape index (κ2) is 5.01. The van der Waals surface area contributed by atoms with Crippen molar-refractivity contribution in [1.29, 1.82) is 0 Å². The van der Waals surface area contributed by atoms with Crippen molar-refractivity contribution >= 4 is 28.8 Å². The van der Waals surface area contributed by atoms with Crippen molar-refractivity contribution in [2.24, 2.45) is 4.99 Å². The van der Waals surface area contributed by atoms with E-state index in [4.69, 9.17) is 5.11 Å². The van der Waals surface area contributed by atoms with Crippen molar-refractivity contribution < 1.29 is 9.90 Å². The van der Waals surface area contributed by atoms with Gasteiger partial charge in [0, 0.05) is 28.9 Å². The van der Waals surface area contributed by atoms with Gasteiger partial charge in [-0.1, -0.05) is 24.3 Å². The molecule has 0 saturated heterocycles. The normalized spacial score (nSPS) is 11.2. The molecule has 0 amide bonds. The van der Waals surface area contributed by atoms with E-state index in [1.165, 1.54) is 0 Å². The summed E-state index contributed by atoms with van der Waals surface area (Å²) in [6, 6.07) is 14.5. The number of aromatic nitrogens is 1. The number of aliphatic imine (C=N–C) groups is 1. The number of carbonyl (C=O) groups is 1. The summed E-state index contributed by atoms with van der Waals surface area (Å²) in [5.41, 5.74) is 2.88. The van der Waals surface area contributed by atoms with Crippen LogP contribution in [0.4, 0.5) is 5.69 Å². The van der Waals surface area contributed by atoms with Gasteiger partial charge in [-0.25, -0.2) is 4.79 Å². The highest BCUT2D eigenvalue weighted by atomic mass is 16.4. The molecule has 0 aliphatic rings. The number of para-hydroxylation sites is 1. The number of aromatic carboxylic acids is 1. The number of fused-ring (bicyclic) bond motifs is 1. The molecular formula is C16H12N2O2. The molecule has 0 saturated carbocycles. The lowest BCUT2D eigenvalue weighted by Gasteiger charge is -1.96. The molecule has 20 heavy (non-hydrogen) atoms. The first-order valence-corrected chi connectivity index (χ1v) is 6.17. The molecule has 1 aromatic heterocycles. The average Bonchev–Trinajstić information content (AvgIpc) is 2.89. The molecular weight excluding hydrogens is 252 g/mol. The van der Waals surface area contributed by atoms with E-state index in [0.29, 0.717) is 5.69 Å². The van der Waals surface area contributed by atoms with Gasteiger partial charge in [-0.3, -0.25) is 4.99 Å². The van der Waals surface area contributed by atoms with Crippen LogP contribution in [0.3, 0.4) is 0 Å². The smallest absolute Gasteiger partial charge is 0.335 e. The van der Waals surface area contributed by atoms with Crippen molar-refractivity contribution in [1.82, 2.24) is 4.98 Å². The molecule has 3 aromatic rings. The van der Waals surface area contributed by atoms with E-state index in [2.05, 4.69) is 9.98 Å². The summed E-state index contributed by atoms with van der Waals surface area (Å²) in [6.07, 6.45) is 3.62. The summed E-state index contributed by atoms with van der Waals surface area (Å²) in [4.78, 5) is 18.4. The Hall–Kier alpha value is -2.88. The molecule has 0 aliphatic carbocycles. The Morgan fingerprint density at radius 3 is 2.85 bits per heavy atom. The minimum Gasteiger partial charge on any atom is -0.478 e. The zero-order chi connectivity index (χ0) is 13.9. The molecule has 1 heterocycles. The van der Waals surface area contributed by atoms with Crippen LogP contribution in [-0.4, -0.2) is 22.3 Å². The lowest BCUT2D eigenvalue weighted by atomic mass is 10.2. The van der Waals surface area contributed by atoms with Gasteiger partial charge in [0.2, 0.25) is 0 Å². The van der Waals surface area contributed by atoms with Crippen LogP contribution in [0.25, 0.3) is 10.9 Å². The summed E-state index contributed by atoms with van der Waals surface area (Å²) in [5, 5.41) is 10.0. The molecule has 0 atom stereocenters. The van der Waals surface area contributed by atoms with E-state index in [0.717, 1.165) is 16.5 Å². The fourth-order valence-corrected chi connectivity index (χ4v) is 2.06. The monoisotopic (exact) mass is 264 g/mol. The van der Waals surface area contributed by atoms with Crippen LogP contribution in [0.15, 0.2) is 59.7 Å². The highest BCUT2D eigenvalue weighted by Crippen LogP contribution is 2.18. The molecule has 4 nitrogen and oxygen atoms in total. The van der Waals surface area contributed by atoms with E-state index in [1.54, 1.807) is 30.5 Å². The van der Waals surface area contributed by atoms with Crippen LogP contribution in [0.2, 0.25) is 0 Å². The number of hydrogen-bond donors (Lipinski definition) is 2. The maximum atomic E-state index is 10.9. The molecule has 0 fully saturated rings. The SMILES string of the molecule is O=C(O)c1cccc(N=Cc2c[nH]c3ccccc23)c1. The highest BCUT2D eigenvalue weighted by molar-refractivity contribution is 5.99. The first-order chi connectivity index (χ1) is 9.74. The van der Waals surface area contributed by atoms with Crippen molar-refractivity contribution in [3.05, 3.63) is 65.9 Å². The Labute approximate surface area is 115 Å². The van der Waals surface area contributed by atoms with E-state index in [1.807, 2.05) is 30.5 Å². The largest absolute Gasteiger partial charge is 0.478 e. The summed E-state index contributed by atoms with van der Waals surface area (Å²) in [6.45, 7) is 0. The lowest BCUT2D eigenvalue weighted by Crippen LogP contribution is -1.94. The third-order valence-electron chi connectivity index (χ3n) is 3.07. The number of carboxylic acids is 1. The Balaban J connectivity index is 1.94. The number of carboxylic acid groups (broad SMARTS) is 1. The maximum absolute atomic E-state index is 10.9. The van der Waals surface area contributed by atoms with Gasteiger partial charge in [-0.15, -0.1) is 0 Å². The Kier molecular flexibility index (Phi) is 3.05. The van der Waals surface area contributed by atoms with Gasteiger partial charge in [0.1, 0.15) is 0 Å². The van der Waals surface area contributed by atoms with E-state index in [9.17, 15) is 4.79 Å². The third kappa shape index (κ3) is 2.31. The van der Waals surface area contributed by atoms with E-state index < -0.39 is 5.97 Å². The topological polar surface area (TPSA) is 65.4 Å². The summed E-state index contributed by atoms with van der Waals surface area (Å²) in [5.74, 6) is -0.950. The van der Waals surface area contributed by atoms with Gasteiger partial charge in [-0.2, -0.15) is 0 Å². The second-order valence-electron chi connectivity index (χ2n) is 4.40. The Morgan fingerprint density at radius 2 is 2.00 bits per heavy atom. The fourth-order valence-electron chi connectivity index (χ4n) is 2.06. The molecule has 0 spiro atoms. The van der Waals surface area contributed by atoms with Gasteiger partial charge < -0.3 is 10.1 Å². The molecule has 4 heteroatoms. The molecule has 2 aromatic carbocycles. The quantitative estimate of drug-likeness (QED) is 0.709. The van der Waals surface area contributed by atoms with Crippen LogP contribution < -0.4 is 0 Å². The Morgan fingerprint density at radius 1 is 1.15 bits per heavy atom. The molecule has 3 rings (SSSR count). The first-order valence-electron chi connectivity index (χ1n) is 6.17. The van der Waals surface area contributed by atoms with Crippen LogP contribution in [0, 0.1) is 0 Å². The number of benzene rings is 2. The van der Waals surface area contributed by atoms with Crippen LogP contribution in [0.1, 0.15) is 15.9 Å². The van der Waals surface area contributed by atoms with Crippen LogP contribution >= 0.6 is 0 Å². The molecule has 0 aliphatic heterocycles. The van der Waals surface area contributed by atoms with Crippen molar-refractivity contribution in [3.63, 3.8) is 0 Å². The zero-order valence-electron chi connectivity index (χ0n) is 10.6. The van der Waals surface area contributed by atoms with Crippen molar-refractivity contribution in [3.8, 4) is 0 Å². The summed E-state index contributed by atoms with van der Waals surface area (Å²) in [7, 11) is 0. The standard InChI is InChI=1S/C16H12N2O2/c19-16(20)11-4-3-5-13(8-11)17-9-12-10-18-15-7-2-1-6-14(12)15/h1-10,18H,(H,19,20). The molecule has 0 unspecified atom stereocenters. The number of aromatic amines is 1. The lowest BCUT2D eigenvalue weighted by molar-refractivity contribution is 0.0697. The first kappa shape index (κ1) is 12.2. The van der Waals surface area contributed by atoms with E-state index in [-0.39, 0.29) is 5.56 Å². The highest BCUT2D eigenvalue weighted by Gasteiger charge is 2.03. The predicted molar refractivity (Wildman–Crippen MR) is 79.0 cm³/mol. The molecule has 2 N–H and O–H groups in total. The van der Waals surface area contributed by atoms with Gasteiger partial charge in [0.15, 0.2) is 0 Å². The van der Waals surface area contributed by atoms with E-state index >= 15 is 0 Å². The number of nitrogens with one attached hydrogen (secondary N) is 1. The van der Waals surface area contributed by atoms with Gasteiger partial charge in [0.25, 0.3) is 0 Å². The number of H-pyrrole nitrogens is 1. The van der Waals surface area contributed by atoms with Crippen molar-refractivity contribution in [2.75, 3.05) is 0 Å². The predicted octanol–water partition coefficient (Wildman–Crippen LogP) is 3.62. The summed E-state index contributed by atoms with van der Waals surface area (Å²) >= 11 is 0. The number of nitrogens with zero attached hydrogens (tertiary/aromatic N) is 1. The summed E-state index contributed by atoms with van der Waals surface area (Å²) < 4.78 is 0. The minimum atomic E-state index is -0.950. The number of rotatable bonds is 3. The van der Waals surface area contributed by atoms with Crippen LogP contribution in [-0.2, 0) is 0 Å². The van der Waals surface area contributed by atoms with Gasteiger partial charge in [-0.05, 0) is 24.3 Å². The fraction of sp³-hybridized carbons (Fsp3) is 0. The zero-order valence-corrected chi connectivity index (χ0v) is 10.6. The number of hydrogen-bond acceptors (Lipinski definition) is 2. The van der Waals surface area contributed by atoms with Crippen LogP contribution in [0.5, 0.6) is 0 Å². The average molecular weight is 264 g/mol. The molecule has 0 radical (unpaired) electrons. The molecule has 98 valence electrons. The van der Waals surface area contributed by atoms with Crippen molar-refractivity contribution in [2.45, 2.75) is 0 Å². The molecule has 0 bridgehead atoms.